The van der Waals surface area contributed by atoms with Gasteiger partial charge >= 0.3 is 29.6 Å². The fraction of sp³-hybridized carbons (Fsp3) is 0.556. The number of ether oxygens (including phenoxy) is 1. The summed E-state index contributed by atoms with van der Waals surface area (Å²) in [6.07, 6.45) is 3.89. The molecule has 0 saturated carbocycles. The fourth-order valence-electron chi connectivity index (χ4n) is 0.493. The predicted octanol–water partition coefficient (Wildman–Crippen LogP) is 1.01. The van der Waals surface area contributed by atoms with Gasteiger partial charge in [-0.05, 0) is 6.42 Å². The van der Waals surface area contributed by atoms with E-state index in [0.29, 0.717) is 19.6 Å². The first-order chi connectivity index (χ1) is 6.47. The summed E-state index contributed by atoms with van der Waals surface area (Å²) in [5.41, 5.74) is 0. The third-order valence-electron chi connectivity index (χ3n) is 0.933. The van der Waals surface area contributed by atoms with Crippen LogP contribution in [0.15, 0.2) is 25.3 Å². The molecule has 0 fully saturated rings. The molecule has 0 aromatic heterocycles. The molecule has 0 rings (SSSR count). The maximum atomic E-state index is 9.79. The third-order valence-corrected chi connectivity index (χ3v) is 1.86. The summed E-state index contributed by atoms with van der Waals surface area (Å²) in [7, 11) is -3.67. The minimum atomic E-state index is -3.67. The third kappa shape index (κ3) is 31.4. The second kappa shape index (κ2) is 14.3. The molecule has 1 N–H and O–H groups in total. The van der Waals surface area contributed by atoms with Crippen LogP contribution in [0.3, 0.4) is 0 Å². The summed E-state index contributed by atoms with van der Waals surface area (Å²) in [5.74, 6) is -0.132. The molecule has 0 saturated heterocycles. The van der Waals surface area contributed by atoms with Gasteiger partial charge in [-0.3, -0.25) is 4.55 Å². The van der Waals surface area contributed by atoms with Gasteiger partial charge in [-0.1, -0.05) is 19.1 Å². The van der Waals surface area contributed by atoms with Gasteiger partial charge < -0.3 is 4.74 Å². The summed E-state index contributed by atoms with van der Waals surface area (Å²) >= 11 is 0. The van der Waals surface area contributed by atoms with E-state index in [0.717, 1.165) is 0 Å². The van der Waals surface area contributed by atoms with Gasteiger partial charge in [-0.25, -0.2) is 0 Å². The van der Waals surface area contributed by atoms with Crippen LogP contribution < -0.4 is 0 Å². The van der Waals surface area contributed by atoms with Gasteiger partial charge in [-0.2, -0.15) is 8.42 Å². The van der Waals surface area contributed by atoms with E-state index in [-0.39, 0.29) is 35.3 Å². The number of rotatable bonds is 6. The van der Waals surface area contributed by atoms with Gasteiger partial charge in [0.15, 0.2) is 0 Å². The van der Waals surface area contributed by atoms with Crippen molar-refractivity contribution < 1.29 is 17.7 Å². The van der Waals surface area contributed by atoms with Crippen LogP contribution in [0, 0.1) is 0 Å². The first kappa shape index (κ1) is 20.7. The zero-order chi connectivity index (χ0) is 11.4. The van der Waals surface area contributed by atoms with Crippen LogP contribution in [0.4, 0.5) is 0 Å². The van der Waals surface area contributed by atoms with Crippen LogP contribution in [-0.2, 0) is 14.9 Å². The van der Waals surface area contributed by atoms with Gasteiger partial charge in [0.2, 0.25) is 0 Å². The van der Waals surface area contributed by atoms with E-state index in [9.17, 15) is 8.42 Å². The summed E-state index contributed by atoms with van der Waals surface area (Å²) in [6.45, 7) is 9.87. The average Bonchev–Trinajstić information content (AvgIpc) is 2.04. The Morgan fingerprint density at radius 3 is 1.80 bits per heavy atom. The van der Waals surface area contributed by atoms with E-state index in [1.807, 2.05) is 0 Å². The molecular formula is C9H19NaO4S. The molecule has 4 nitrogen and oxygen atoms in total. The van der Waals surface area contributed by atoms with Crippen molar-refractivity contribution >= 4 is 39.7 Å². The summed E-state index contributed by atoms with van der Waals surface area (Å²) in [4.78, 5) is 0. The molecule has 0 aromatic rings. The Bertz CT molecular complexity index is 228. The number of hydrogen-bond acceptors (Lipinski definition) is 3. The Morgan fingerprint density at radius 1 is 1.27 bits per heavy atom. The van der Waals surface area contributed by atoms with Gasteiger partial charge in [0.1, 0.15) is 0 Å². The van der Waals surface area contributed by atoms with Crippen molar-refractivity contribution in [2.24, 2.45) is 0 Å². The molecule has 0 aliphatic carbocycles. The normalized spacial score (nSPS) is 9.20. The Morgan fingerprint density at radius 2 is 1.67 bits per heavy atom. The van der Waals surface area contributed by atoms with Crippen LogP contribution in [0.25, 0.3) is 0 Å². The summed E-state index contributed by atoms with van der Waals surface area (Å²) < 4.78 is 32.5. The molecule has 6 heteroatoms. The summed E-state index contributed by atoms with van der Waals surface area (Å²) in [5, 5.41) is 0. The number of hydrogen-bond donors (Lipinski definition) is 1. The monoisotopic (exact) mass is 246 g/mol. The Kier molecular flexibility index (Phi) is 19.8. The first-order valence-corrected chi connectivity index (χ1v) is 5.83. The average molecular weight is 246 g/mol. The molecule has 0 atom stereocenters. The van der Waals surface area contributed by atoms with E-state index in [1.54, 1.807) is 19.1 Å². The van der Waals surface area contributed by atoms with Crippen LogP contribution in [0.1, 0.15) is 13.3 Å². The van der Waals surface area contributed by atoms with Crippen LogP contribution >= 0.6 is 0 Å². The van der Waals surface area contributed by atoms with Crippen molar-refractivity contribution in [3.05, 3.63) is 25.3 Å². The topological polar surface area (TPSA) is 63.6 Å². The Hall–Kier alpha value is 0.350. The second-order valence-corrected chi connectivity index (χ2v) is 3.97. The van der Waals surface area contributed by atoms with Crippen molar-refractivity contribution in [1.82, 2.24) is 0 Å². The van der Waals surface area contributed by atoms with Crippen molar-refractivity contribution in [1.29, 1.82) is 0 Å². The zero-order valence-corrected chi connectivity index (χ0v) is 9.29. The van der Waals surface area contributed by atoms with Crippen molar-refractivity contribution in [3.8, 4) is 0 Å². The van der Waals surface area contributed by atoms with Gasteiger partial charge in [-0.15, -0.1) is 13.2 Å². The molecule has 0 aromatic carbocycles. The van der Waals surface area contributed by atoms with Crippen LogP contribution in [-0.4, -0.2) is 61.5 Å². The van der Waals surface area contributed by atoms with Crippen molar-refractivity contribution in [2.75, 3.05) is 19.0 Å². The van der Waals surface area contributed by atoms with Crippen molar-refractivity contribution in [3.63, 3.8) is 0 Å². The second-order valence-electron chi connectivity index (χ2n) is 2.40. The Labute approximate surface area is 114 Å². The molecule has 86 valence electrons. The molecule has 0 amide bonds. The van der Waals surface area contributed by atoms with Gasteiger partial charge in [0.05, 0.1) is 19.0 Å². The van der Waals surface area contributed by atoms with Crippen molar-refractivity contribution in [2.45, 2.75) is 13.3 Å². The first-order valence-electron chi connectivity index (χ1n) is 4.22. The van der Waals surface area contributed by atoms with Crippen LogP contribution in [0.5, 0.6) is 0 Å². The Balaban J connectivity index is -0.000000180. The summed E-state index contributed by atoms with van der Waals surface area (Å²) in [6, 6.07) is 0. The predicted molar refractivity (Wildman–Crippen MR) is 65.1 cm³/mol. The molecule has 15 heavy (non-hydrogen) atoms. The standard InChI is InChI=1S/C6H10O.C3H8O3S.Na.H/c1-3-5-7-6-4-2;1-2-3-7(4,5)6;;/h3-4H,1-2,5-6H2;2-3H2,1H3,(H,4,5,6);;. The minimum absolute atomic E-state index is 0. The molecule has 0 aliphatic heterocycles. The molecule has 0 spiro atoms. The van der Waals surface area contributed by atoms with E-state index < -0.39 is 10.1 Å². The van der Waals surface area contributed by atoms with E-state index >= 15 is 0 Å². The van der Waals surface area contributed by atoms with Crippen LogP contribution in [0.2, 0.25) is 0 Å². The fourth-order valence-corrected chi connectivity index (χ4v) is 1.01. The van der Waals surface area contributed by atoms with Gasteiger partial charge in [0, 0.05) is 0 Å². The van der Waals surface area contributed by atoms with Gasteiger partial charge in [0.25, 0.3) is 10.1 Å². The molecule has 0 bridgehead atoms. The van der Waals surface area contributed by atoms with E-state index in [4.69, 9.17) is 9.29 Å². The SMILES string of the molecule is C=CCOCC=C.CCCS(=O)(=O)O.[NaH]. The molecule has 0 unspecified atom stereocenters. The maximum absolute atomic E-state index is 9.79. The molecular weight excluding hydrogens is 227 g/mol. The van der Waals surface area contributed by atoms with E-state index in [2.05, 4.69) is 13.2 Å². The molecule has 0 heterocycles. The molecule has 0 aliphatic rings. The zero-order valence-electron chi connectivity index (χ0n) is 8.48. The quantitative estimate of drug-likeness (QED) is 0.329. The molecule has 0 radical (unpaired) electrons. The van der Waals surface area contributed by atoms with E-state index in [1.165, 1.54) is 0 Å².